The zero-order valence-corrected chi connectivity index (χ0v) is 8.33. The lowest BCUT2D eigenvalue weighted by Gasteiger charge is -1.99. The summed E-state index contributed by atoms with van der Waals surface area (Å²) in [5, 5.41) is 14.3. The summed E-state index contributed by atoms with van der Waals surface area (Å²) >= 11 is 1.44. The van der Waals surface area contributed by atoms with Gasteiger partial charge in [0.2, 0.25) is 0 Å². The molecule has 0 aliphatic carbocycles. The highest BCUT2D eigenvalue weighted by Crippen LogP contribution is 2.31. The fourth-order valence-electron chi connectivity index (χ4n) is 1.32. The summed E-state index contributed by atoms with van der Waals surface area (Å²) in [5.41, 5.74) is 0.989. The zero-order valence-electron chi connectivity index (χ0n) is 7.51. The highest BCUT2D eigenvalue weighted by Gasteiger charge is 2.16. The predicted octanol–water partition coefficient (Wildman–Crippen LogP) is 3.46. The van der Waals surface area contributed by atoms with Gasteiger partial charge in [0.1, 0.15) is 5.82 Å². The van der Waals surface area contributed by atoms with E-state index in [1.807, 2.05) is 5.38 Å². The maximum atomic E-state index is 12.8. The van der Waals surface area contributed by atoms with E-state index in [0.717, 1.165) is 11.6 Å². The molecule has 0 N–H and O–H groups in total. The lowest BCUT2D eigenvalue weighted by atomic mass is 10.1. The molecule has 2 aromatic rings. The highest BCUT2D eigenvalue weighted by atomic mass is 32.1. The van der Waals surface area contributed by atoms with Crippen molar-refractivity contribution in [1.82, 2.24) is 0 Å². The average Bonchev–Trinajstić information content (AvgIpc) is 2.70. The summed E-state index contributed by atoms with van der Waals surface area (Å²) in [6, 6.07) is 5.35. The lowest BCUT2D eigenvalue weighted by molar-refractivity contribution is -0.384. The topological polar surface area (TPSA) is 43.1 Å². The van der Waals surface area contributed by atoms with Crippen LogP contribution in [0.3, 0.4) is 0 Å². The van der Waals surface area contributed by atoms with E-state index in [1.165, 1.54) is 23.5 Å². The monoisotopic (exact) mass is 223 g/mol. The average molecular weight is 223 g/mol. The van der Waals surface area contributed by atoms with Gasteiger partial charge in [-0.15, -0.1) is 0 Å². The molecule has 5 heteroatoms. The molecule has 1 aromatic heterocycles. The van der Waals surface area contributed by atoms with E-state index in [0.29, 0.717) is 5.56 Å². The maximum absolute atomic E-state index is 12.8. The van der Waals surface area contributed by atoms with Crippen LogP contribution in [0.25, 0.3) is 11.1 Å². The standard InChI is InChI=1S/C10H6FNO2S/c11-8-1-2-9(7-3-4-15-6-7)10(5-8)12(13)14/h1-6H. The van der Waals surface area contributed by atoms with Crippen molar-refractivity contribution in [3.63, 3.8) is 0 Å². The smallest absolute Gasteiger partial charge is 0.258 e. The fraction of sp³-hybridized carbons (Fsp3) is 0. The molecule has 0 fully saturated rings. The first-order valence-corrected chi connectivity index (χ1v) is 5.09. The fourth-order valence-corrected chi connectivity index (χ4v) is 1.97. The molecule has 1 heterocycles. The van der Waals surface area contributed by atoms with E-state index >= 15 is 0 Å². The minimum Gasteiger partial charge on any atom is -0.258 e. The van der Waals surface area contributed by atoms with Gasteiger partial charge in [-0.1, -0.05) is 0 Å². The van der Waals surface area contributed by atoms with Gasteiger partial charge in [0, 0.05) is 0 Å². The molecule has 76 valence electrons. The Morgan fingerprint density at radius 2 is 2.13 bits per heavy atom. The van der Waals surface area contributed by atoms with Crippen molar-refractivity contribution in [2.75, 3.05) is 0 Å². The van der Waals surface area contributed by atoms with Crippen molar-refractivity contribution in [2.45, 2.75) is 0 Å². The molecule has 0 unspecified atom stereocenters. The summed E-state index contributed by atoms with van der Waals surface area (Å²) < 4.78 is 12.8. The van der Waals surface area contributed by atoms with Crippen molar-refractivity contribution < 1.29 is 9.31 Å². The van der Waals surface area contributed by atoms with Crippen LogP contribution < -0.4 is 0 Å². The van der Waals surface area contributed by atoms with Crippen LogP contribution in [0.15, 0.2) is 35.0 Å². The Balaban J connectivity index is 2.61. The summed E-state index contributed by atoms with van der Waals surface area (Å²) in [4.78, 5) is 10.1. The molecule has 2 rings (SSSR count). The van der Waals surface area contributed by atoms with Crippen molar-refractivity contribution in [2.24, 2.45) is 0 Å². The molecule has 0 saturated heterocycles. The molecular weight excluding hydrogens is 217 g/mol. The third-order valence-electron chi connectivity index (χ3n) is 1.99. The summed E-state index contributed by atoms with van der Waals surface area (Å²) in [5.74, 6) is -0.597. The second-order valence-corrected chi connectivity index (χ2v) is 3.71. The van der Waals surface area contributed by atoms with Crippen molar-refractivity contribution in [3.05, 3.63) is 51.0 Å². The molecule has 0 aliphatic rings. The number of thiophene rings is 1. The van der Waals surface area contributed by atoms with E-state index in [2.05, 4.69) is 0 Å². The van der Waals surface area contributed by atoms with Gasteiger partial charge >= 0.3 is 0 Å². The molecule has 1 aromatic carbocycles. The number of nitrogens with zero attached hydrogens (tertiary/aromatic N) is 1. The highest BCUT2D eigenvalue weighted by molar-refractivity contribution is 7.08. The number of rotatable bonds is 2. The second-order valence-electron chi connectivity index (χ2n) is 2.93. The van der Waals surface area contributed by atoms with Crippen LogP contribution in [0.4, 0.5) is 10.1 Å². The summed E-state index contributed by atoms with van der Waals surface area (Å²) in [6.45, 7) is 0. The third kappa shape index (κ3) is 1.87. The zero-order chi connectivity index (χ0) is 10.8. The largest absolute Gasteiger partial charge is 0.280 e. The van der Waals surface area contributed by atoms with Crippen molar-refractivity contribution >= 4 is 17.0 Å². The van der Waals surface area contributed by atoms with Crippen LogP contribution in [-0.4, -0.2) is 4.92 Å². The van der Waals surface area contributed by atoms with Crippen LogP contribution in [0.1, 0.15) is 0 Å². The van der Waals surface area contributed by atoms with Crippen molar-refractivity contribution in [1.29, 1.82) is 0 Å². The van der Waals surface area contributed by atoms with Gasteiger partial charge in [0.05, 0.1) is 16.6 Å². The van der Waals surface area contributed by atoms with Crippen LogP contribution >= 0.6 is 11.3 Å². The van der Waals surface area contributed by atoms with Crippen LogP contribution in [0, 0.1) is 15.9 Å². The maximum Gasteiger partial charge on any atom is 0.280 e. The van der Waals surface area contributed by atoms with Gasteiger partial charge in [-0.05, 0) is 34.5 Å². The predicted molar refractivity (Wildman–Crippen MR) is 56.4 cm³/mol. The first-order chi connectivity index (χ1) is 7.18. The first kappa shape index (κ1) is 9.79. The van der Waals surface area contributed by atoms with Gasteiger partial charge in [0.25, 0.3) is 5.69 Å². The van der Waals surface area contributed by atoms with Gasteiger partial charge in [-0.25, -0.2) is 4.39 Å². The molecule has 0 saturated carbocycles. The van der Waals surface area contributed by atoms with Gasteiger partial charge in [-0.2, -0.15) is 11.3 Å². The van der Waals surface area contributed by atoms with Crippen LogP contribution in [0.5, 0.6) is 0 Å². The Morgan fingerprint density at radius 1 is 1.33 bits per heavy atom. The second kappa shape index (κ2) is 3.78. The molecule has 3 nitrogen and oxygen atoms in total. The minimum atomic E-state index is -0.597. The molecular formula is C10H6FNO2S. The van der Waals surface area contributed by atoms with Gasteiger partial charge < -0.3 is 0 Å². The summed E-state index contributed by atoms with van der Waals surface area (Å²) in [6.07, 6.45) is 0. The minimum absolute atomic E-state index is 0.201. The van der Waals surface area contributed by atoms with Gasteiger partial charge in [-0.3, -0.25) is 10.1 Å². The summed E-state index contributed by atoms with van der Waals surface area (Å²) in [7, 11) is 0. The van der Waals surface area contributed by atoms with Crippen molar-refractivity contribution in [3.8, 4) is 11.1 Å². The van der Waals surface area contributed by atoms with E-state index in [-0.39, 0.29) is 5.69 Å². The van der Waals surface area contributed by atoms with E-state index in [4.69, 9.17) is 0 Å². The molecule has 0 atom stereocenters. The Kier molecular flexibility index (Phi) is 2.47. The van der Waals surface area contributed by atoms with E-state index in [1.54, 1.807) is 11.4 Å². The Morgan fingerprint density at radius 3 is 2.73 bits per heavy atom. The molecule has 0 amide bonds. The third-order valence-corrected chi connectivity index (χ3v) is 2.67. The first-order valence-electron chi connectivity index (χ1n) is 4.15. The molecule has 15 heavy (non-hydrogen) atoms. The number of halogens is 1. The number of nitro benzene ring substituents is 1. The Bertz CT molecular complexity index is 496. The number of hydrogen-bond acceptors (Lipinski definition) is 3. The Hall–Kier alpha value is -1.75. The van der Waals surface area contributed by atoms with E-state index < -0.39 is 10.7 Å². The Labute approximate surface area is 88.9 Å². The number of hydrogen-bond donors (Lipinski definition) is 0. The van der Waals surface area contributed by atoms with Crippen LogP contribution in [0.2, 0.25) is 0 Å². The SMILES string of the molecule is O=[N+]([O-])c1cc(F)ccc1-c1ccsc1. The molecule has 0 aliphatic heterocycles. The number of benzene rings is 1. The molecule has 0 radical (unpaired) electrons. The molecule has 0 bridgehead atoms. The lowest BCUT2D eigenvalue weighted by Crippen LogP contribution is -1.92. The van der Waals surface area contributed by atoms with E-state index in [9.17, 15) is 14.5 Å². The quantitative estimate of drug-likeness (QED) is 0.578. The normalized spacial score (nSPS) is 10.2. The van der Waals surface area contributed by atoms with Crippen LogP contribution in [-0.2, 0) is 0 Å². The van der Waals surface area contributed by atoms with Gasteiger partial charge in [0.15, 0.2) is 0 Å². The number of nitro groups is 1. The molecule has 0 spiro atoms.